The molecule has 0 amide bonds. The van der Waals surface area contributed by atoms with Gasteiger partial charge in [0.1, 0.15) is 17.0 Å². The van der Waals surface area contributed by atoms with Gasteiger partial charge in [0.25, 0.3) is 15.2 Å². The number of hydrogen-bond acceptors (Lipinski definition) is 9. The number of fused-ring (bicyclic) bond motifs is 1. The fourth-order valence-electron chi connectivity index (χ4n) is 3.62. The van der Waals surface area contributed by atoms with Gasteiger partial charge in [0, 0.05) is 29.8 Å². The maximum Gasteiger partial charge on any atom is 0.321 e. The van der Waals surface area contributed by atoms with Crippen LogP contribution in [0.5, 0.6) is 11.9 Å². The molecule has 4 aromatic heterocycles. The molecule has 0 aliphatic heterocycles. The fourth-order valence-corrected chi connectivity index (χ4v) is 5.36. The van der Waals surface area contributed by atoms with Crippen LogP contribution in [0.1, 0.15) is 5.69 Å². The van der Waals surface area contributed by atoms with Crippen LogP contribution in [0.2, 0.25) is 0 Å². The van der Waals surface area contributed by atoms with Gasteiger partial charge in [0.15, 0.2) is 5.82 Å². The Hall–Kier alpha value is -3.59. The predicted octanol–water partition coefficient (Wildman–Crippen LogP) is -0.0952. The number of hydrogen-bond donors (Lipinski definition) is 2. The first-order valence-electron chi connectivity index (χ1n) is 10.7. The third-order valence-electron chi connectivity index (χ3n) is 5.26. The van der Waals surface area contributed by atoms with Crippen LogP contribution < -0.4 is 36.5 Å². The summed E-state index contributed by atoms with van der Waals surface area (Å²) in [5.74, 6) is 0.207. The van der Waals surface area contributed by atoms with E-state index in [0.29, 0.717) is 0 Å². The second-order valence-corrected chi connectivity index (χ2v) is 10.2. The van der Waals surface area contributed by atoms with Crippen molar-refractivity contribution < 1.29 is 40.2 Å². The van der Waals surface area contributed by atoms with Gasteiger partial charge < -0.3 is 26.5 Å². The number of imidazole rings is 1. The zero-order chi connectivity index (χ0) is 25.3. The third-order valence-corrected chi connectivity index (χ3v) is 7.42. The van der Waals surface area contributed by atoms with E-state index in [-0.39, 0.29) is 39.6 Å². The van der Waals surface area contributed by atoms with E-state index in [2.05, 4.69) is 19.7 Å². The van der Waals surface area contributed by atoms with Gasteiger partial charge in [0.05, 0.1) is 30.5 Å². The van der Waals surface area contributed by atoms with Gasteiger partial charge in [-0.15, -0.1) is 0 Å². The van der Waals surface area contributed by atoms with E-state index in [1.165, 1.54) is 43.8 Å². The molecule has 0 saturated carbocycles. The highest BCUT2D eigenvalue weighted by Crippen LogP contribution is 2.27. The van der Waals surface area contributed by atoms with Crippen molar-refractivity contribution >= 4 is 43.6 Å². The Kier molecular flexibility index (Phi) is 7.73. The van der Waals surface area contributed by atoms with E-state index in [4.69, 9.17) is 14.5 Å². The van der Waals surface area contributed by atoms with Crippen molar-refractivity contribution in [2.45, 2.75) is 11.8 Å². The number of halogens is 1. The highest BCUT2D eigenvalue weighted by molar-refractivity contribution is 7.92. The number of benzene rings is 1. The lowest BCUT2D eigenvalue weighted by Crippen LogP contribution is -3.00. The van der Waals surface area contributed by atoms with Crippen molar-refractivity contribution in [3.05, 3.63) is 65.8 Å². The zero-order valence-corrected chi connectivity index (χ0v) is 23.1. The van der Waals surface area contributed by atoms with E-state index in [1.54, 1.807) is 12.1 Å². The van der Waals surface area contributed by atoms with Gasteiger partial charge in [-0.05, 0) is 31.2 Å². The van der Waals surface area contributed by atoms with Crippen molar-refractivity contribution in [2.75, 3.05) is 18.9 Å². The maximum atomic E-state index is 12.9. The minimum atomic E-state index is -3.89. The van der Waals surface area contributed by atoms with E-state index in [9.17, 15) is 8.42 Å². The lowest BCUT2D eigenvalue weighted by Gasteiger charge is -2.09. The molecule has 11 nitrogen and oxygen atoms in total. The predicted molar refractivity (Wildman–Crippen MR) is 135 cm³/mol. The Morgan fingerprint density at radius 1 is 1.00 bits per heavy atom. The van der Waals surface area contributed by atoms with Gasteiger partial charge in [-0.2, -0.15) is 15.0 Å². The number of pyridine rings is 1. The zero-order valence-electron chi connectivity index (χ0n) is 19.9. The number of anilines is 1. The Morgan fingerprint density at radius 2 is 1.78 bits per heavy atom. The largest absolute Gasteiger partial charge is 1.00 e. The average molecular weight is 605 g/mol. The first kappa shape index (κ1) is 26.5. The smallest absolute Gasteiger partial charge is 0.321 e. The molecule has 0 unspecified atom stereocenters. The Bertz CT molecular complexity index is 1630. The van der Waals surface area contributed by atoms with Crippen LogP contribution in [0.25, 0.3) is 17.0 Å². The summed E-state index contributed by atoms with van der Waals surface area (Å²) in [5, 5.41) is 4.68. The molecule has 14 heteroatoms. The second kappa shape index (κ2) is 10.8. The van der Waals surface area contributed by atoms with Crippen molar-refractivity contribution in [2.24, 2.45) is 0 Å². The minimum absolute atomic E-state index is 0. The number of methoxy groups -OCH3 is 2. The summed E-state index contributed by atoms with van der Waals surface area (Å²) in [6.45, 7) is 1.96. The molecule has 5 aromatic rings. The molecule has 192 valence electrons. The highest BCUT2D eigenvalue weighted by atomic mass is 79.9. The molecule has 3 N–H and O–H groups in total. The molecule has 0 radical (unpaired) electrons. The number of quaternary nitrogens is 1. The third kappa shape index (κ3) is 5.56. The SMILES string of the molecule is COc1cc(NS(=O)(=O)c2ccc([NH2+]c3nc(-c4c(C)nc5ccccn45)cs3)cc2)nc(OC)n1.[Br-]. The van der Waals surface area contributed by atoms with E-state index in [0.717, 1.165) is 33.5 Å². The molecular formula is C23H22BrN7O4S2. The van der Waals surface area contributed by atoms with E-state index < -0.39 is 10.0 Å². The minimum Gasteiger partial charge on any atom is -1.00 e. The van der Waals surface area contributed by atoms with Crippen LogP contribution in [0.3, 0.4) is 0 Å². The molecule has 5 rings (SSSR count). The summed E-state index contributed by atoms with van der Waals surface area (Å²) >= 11 is 1.50. The molecule has 0 bridgehead atoms. The molecule has 0 atom stereocenters. The number of nitrogens with two attached hydrogens (primary N) is 1. The summed E-state index contributed by atoms with van der Waals surface area (Å²) in [4.78, 5) is 17.4. The summed E-state index contributed by atoms with van der Waals surface area (Å²) in [6, 6.07) is 13.7. The van der Waals surface area contributed by atoms with Crippen molar-refractivity contribution in [1.29, 1.82) is 0 Å². The molecular weight excluding hydrogens is 582 g/mol. The Morgan fingerprint density at radius 3 is 2.51 bits per heavy atom. The average Bonchev–Trinajstić information content (AvgIpc) is 3.46. The van der Waals surface area contributed by atoms with Gasteiger partial charge in [0.2, 0.25) is 5.88 Å². The molecule has 1 aromatic carbocycles. The number of nitrogens with one attached hydrogen (secondary N) is 1. The van der Waals surface area contributed by atoms with Crippen LogP contribution in [0.4, 0.5) is 16.6 Å². The van der Waals surface area contributed by atoms with Gasteiger partial charge in [-0.25, -0.2) is 13.4 Å². The number of aromatic nitrogens is 5. The van der Waals surface area contributed by atoms with Crippen LogP contribution in [0.15, 0.2) is 65.0 Å². The van der Waals surface area contributed by atoms with Crippen molar-refractivity contribution in [1.82, 2.24) is 24.3 Å². The second-order valence-electron chi connectivity index (χ2n) is 7.65. The standard InChI is InChI=1S/C23H21N7O4S2.BrH/c1-14-21(30-11-5-4-6-19(30)24-14)17-13-35-23(26-17)25-15-7-9-16(10-8-15)36(31,32)29-18-12-20(33-2)28-22(27-18)34-3;/h4-13H,1-3H3,(H,25,26)(H,27,28,29);1H. The van der Waals surface area contributed by atoms with E-state index >= 15 is 0 Å². The van der Waals surface area contributed by atoms with Crippen molar-refractivity contribution in [3.8, 4) is 23.3 Å². The number of rotatable bonds is 8. The summed E-state index contributed by atoms with van der Waals surface area (Å²) in [7, 11) is -1.09. The molecule has 0 fully saturated rings. The monoisotopic (exact) mass is 603 g/mol. The van der Waals surface area contributed by atoms with Crippen molar-refractivity contribution in [3.63, 3.8) is 0 Å². The maximum absolute atomic E-state index is 12.9. The molecule has 0 spiro atoms. The van der Waals surface area contributed by atoms with Gasteiger partial charge >= 0.3 is 6.01 Å². The number of thiazole rings is 1. The van der Waals surface area contributed by atoms with Crippen LogP contribution in [-0.2, 0) is 10.0 Å². The normalized spacial score (nSPS) is 11.2. The number of sulfonamides is 1. The summed E-state index contributed by atoms with van der Waals surface area (Å²) in [6.07, 6.45) is 1.97. The summed E-state index contributed by atoms with van der Waals surface area (Å²) in [5.41, 5.74) is 4.37. The molecule has 37 heavy (non-hydrogen) atoms. The Labute approximate surface area is 227 Å². The lowest BCUT2D eigenvalue weighted by atomic mass is 10.3. The van der Waals surface area contributed by atoms with Gasteiger partial charge in [-0.1, -0.05) is 17.4 Å². The first-order chi connectivity index (χ1) is 17.4. The number of aryl methyl sites for hydroxylation is 1. The summed E-state index contributed by atoms with van der Waals surface area (Å²) < 4.78 is 40.2. The Balaban J connectivity index is 0.00000320. The molecule has 4 heterocycles. The number of ether oxygens (including phenoxy) is 2. The van der Waals surface area contributed by atoms with Crippen LogP contribution >= 0.6 is 11.3 Å². The van der Waals surface area contributed by atoms with Gasteiger partial charge in [-0.3, -0.25) is 14.4 Å². The van der Waals surface area contributed by atoms with Crippen LogP contribution in [0, 0.1) is 6.92 Å². The molecule has 0 aliphatic carbocycles. The quantitative estimate of drug-likeness (QED) is 0.235. The lowest BCUT2D eigenvalue weighted by molar-refractivity contribution is -0.478. The molecule has 0 aliphatic rings. The van der Waals surface area contributed by atoms with Crippen LogP contribution in [-0.4, -0.2) is 47.0 Å². The number of nitrogens with zero attached hydrogens (tertiary/aromatic N) is 5. The fraction of sp³-hybridized carbons (Fsp3) is 0.130. The van der Waals surface area contributed by atoms with E-state index in [1.807, 2.05) is 46.4 Å². The highest BCUT2D eigenvalue weighted by Gasteiger charge is 2.19. The molecule has 0 saturated heterocycles. The first-order valence-corrected chi connectivity index (χ1v) is 13.1. The topological polar surface area (TPSA) is 137 Å².